The Labute approximate surface area is 544 Å². The molecule has 2 aromatic heterocycles. The smallest absolute Gasteiger partial charge is 0.490 e. The molecule has 17 N–H and O–H groups in total. The molecule has 0 spiro atoms. The molecule has 0 bridgehead atoms. The Morgan fingerprint density at radius 3 is 1.71 bits per heavy atom. The number of rotatable bonds is 34. The molecule has 6 rings (SSSR count). The number of primary amides is 1. The second-order valence-electron chi connectivity index (χ2n) is 22.8. The van der Waals surface area contributed by atoms with Crippen molar-refractivity contribution < 1.29 is 81.2 Å². The van der Waals surface area contributed by atoms with Gasteiger partial charge in [0.05, 0.1) is 24.8 Å². The summed E-state index contributed by atoms with van der Waals surface area (Å²) in [7, 11) is 0. The highest BCUT2D eigenvalue weighted by atomic mass is 19.4. The number of fused-ring (bicyclic) bond motifs is 1. The summed E-state index contributed by atoms with van der Waals surface area (Å²) in [6, 6.07) is 19.1. The van der Waals surface area contributed by atoms with Gasteiger partial charge in [-0.25, -0.2) is 14.6 Å². The molecule has 0 fully saturated rings. The van der Waals surface area contributed by atoms with Gasteiger partial charge in [-0.3, -0.25) is 43.2 Å². The lowest BCUT2D eigenvalue weighted by Crippen LogP contribution is -2.59. The van der Waals surface area contributed by atoms with Crippen LogP contribution in [0.5, 0.6) is 5.75 Å². The monoisotopic (exact) mass is 1320 g/mol. The molecule has 4 aromatic carbocycles. The summed E-state index contributed by atoms with van der Waals surface area (Å²) in [5, 5.41) is 49.1. The van der Waals surface area contributed by atoms with Crippen molar-refractivity contribution in [1.29, 1.82) is 0 Å². The van der Waals surface area contributed by atoms with Crippen LogP contribution in [0.25, 0.3) is 10.9 Å². The summed E-state index contributed by atoms with van der Waals surface area (Å²) in [6.45, 7) is 6.62. The molecular weight excluding hydrogens is 1240 g/mol. The number of carboxylic acid groups (broad SMARTS) is 2. The van der Waals surface area contributed by atoms with Crippen LogP contribution >= 0.6 is 0 Å². The van der Waals surface area contributed by atoms with Crippen molar-refractivity contribution in [3.63, 3.8) is 0 Å². The van der Waals surface area contributed by atoms with Gasteiger partial charge in [0.1, 0.15) is 48.0 Å². The fourth-order valence-electron chi connectivity index (χ4n) is 9.74. The van der Waals surface area contributed by atoms with Gasteiger partial charge >= 0.3 is 18.1 Å². The number of carboxylic acids is 2. The van der Waals surface area contributed by atoms with Gasteiger partial charge in [0.15, 0.2) is 0 Å². The molecule has 27 nitrogen and oxygen atoms in total. The number of H-pyrrole nitrogens is 2. The molecule has 0 aliphatic heterocycles. The number of hydrogen-bond donors (Lipinski definition) is 15. The summed E-state index contributed by atoms with van der Waals surface area (Å²) in [5.74, 6) is -11.5. The van der Waals surface area contributed by atoms with Crippen LogP contribution in [-0.4, -0.2) is 150 Å². The molecule has 0 unspecified atom stereocenters. The molecule has 2 heterocycles. The highest BCUT2D eigenvalue weighted by molar-refractivity contribution is 5.97. The van der Waals surface area contributed by atoms with Crippen LogP contribution in [0.2, 0.25) is 0 Å². The lowest BCUT2D eigenvalue weighted by atomic mass is 9.99. The SMILES string of the molecule is CCCC[C@H](NC(=O)[C@H](Cc1ccccc1)NC(=O)[C@H](Cc1cnc[nH]1)NC(=O)C[C@@H](NC(=O)[C@@H](NC(=O)[C@H](C)NC(=O)[C@H](Cc1c[nH]c2ccccc12)NC(=O)[C@H](CCC(N)=O)NC(=O)[C@H](N)Cc1ccc(O)cc1)C(C)C)c1ccccc1)C(=O)O.O=C(O)C(F)(F)F. The van der Waals surface area contributed by atoms with Crippen LogP contribution < -0.4 is 54.0 Å². The second-order valence-corrected chi connectivity index (χ2v) is 22.8. The van der Waals surface area contributed by atoms with E-state index in [2.05, 4.69) is 57.5 Å². The van der Waals surface area contributed by atoms with E-state index in [-0.39, 0.29) is 50.7 Å². The average Bonchev–Trinajstić information content (AvgIpc) is 1.77. The van der Waals surface area contributed by atoms with Gasteiger partial charge in [0.25, 0.3) is 0 Å². The van der Waals surface area contributed by atoms with E-state index < -0.39 is 138 Å². The number of hydrogen-bond acceptors (Lipinski definition) is 14. The molecule has 9 atom stereocenters. The first-order valence-corrected chi connectivity index (χ1v) is 30.4. The number of unbranched alkanes of at least 4 members (excludes halogenated alkanes) is 1. The number of benzene rings is 4. The quantitative estimate of drug-likeness (QED) is 0.0276. The van der Waals surface area contributed by atoms with E-state index in [1.807, 2.05) is 25.1 Å². The summed E-state index contributed by atoms with van der Waals surface area (Å²) in [4.78, 5) is 156. The molecule has 9 amide bonds. The molecule has 0 saturated heterocycles. The maximum absolute atomic E-state index is 14.5. The normalized spacial score (nSPS) is 14.0. The Balaban J connectivity index is 0.00000220. The number of aromatic amines is 2. The first kappa shape index (κ1) is 75.1. The van der Waals surface area contributed by atoms with Crippen LogP contribution in [0.1, 0.15) is 100 Å². The minimum atomic E-state index is -5.08. The van der Waals surface area contributed by atoms with Crippen molar-refractivity contribution in [2.45, 2.75) is 152 Å². The van der Waals surface area contributed by atoms with Crippen LogP contribution in [0.4, 0.5) is 13.2 Å². The maximum Gasteiger partial charge on any atom is 0.490 e. The van der Waals surface area contributed by atoms with Crippen molar-refractivity contribution in [2.24, 2.45) is 17.4 Å². The van der Waals surface area contributed by atoms with Crippen molar-refractivity contribution in [3.05, 3.63) is 156 Å². The number of halogens is 3. The minimum Gasteiger partial charge on any atom is -0.508 e. The molecule has 0 saturated carbocycles. The van der Waals surface area contributed by atoms with Gasteiger partial charge in [0.2, 0.25) is 53.2 Å². The van der Waals surface area contributed by atoms with E-state index in [9.17, 15) is 71.3 Å². The fourth-order valence-corrected chi connectivity index (χ4v) is 9.74. The highest BCUT2D eigenvalue weighted by Crippen LogP contribution is 2.22. The third-order valence-electron chi connectivity index (χ3n) is 14.9. The van der Waals surface area contributed by atoms with Gasteiger partial charge in [0, 0.05) is 54.7 Å². The fraction of sp³-hybridized carbons (Fsp3) is 0.385. The van der Waals surface area contributed by atoms with Gasteiger partial charge in [-0.1, -0.05) is 125 Å². The van der Waals surface area contributed by atoms with E-state index in [1.54, 1.807) is 98.9 Å². The number of carbonyl (C=O) groups excluding carboxylic acids is 9. The molecule has 0 aliphatic carbocycles. The third kappa shape index (κ3) is 24.7. The number of carbonyl (C=O) groups is 11. The Morgan fingerprint density at radius 2 is 1.13 bits per heavy atom. The zero-order valence-corrected chi connectivity index (χ0v) is 52.5. The van der Waals surface area contributed by atoms with E-state index in [1.165, 1.54) is 31.6 Å². The highest BCUT2D eigenvalue weighted by Gasteiger charge is 2.39. The Kier molecular flexibility index (Phi) is 28.9. The summed E-state index contributed by atoms with van der Waals surface area (Å²) in [6.07, 6.45) is -0.417. The molecule has 6 aromatic rings. The van der Waals surface area contributed by atoms with Crippen LogP contribution in [0.15, 0.2) is 128 Å². The first-order chi connectivity index (χ1) is 45.0. The number of nitrogens with zero attached hydrogens (tertiary/aromatic N) is 1. The Morgan fingerprint density at radius 1 is 0.579 bits per heavy atom. The predicted octanol–water partition coefficient (Wildman–Crippen LogP) is 2.69. The number of aromatic hydroxyl groups is 1. The summed E-state index contributed by atoms with van der Waals surface area (Å²) < 4.78 is 31.7. The van der Waals surface area contributed by atoms with Gasteiger partial charge < -0.3 is 79.3 Å². The van der Waals surface area contributed by atoms with Crippen LogP contribution in [0, 0.1) is 5.92 Å². The van der Waals surface area contributed by atoms with Crippen molar-refractivity contribution in [2.75, 3.05) is 0 Å². The molecule has 0 aliphatic rings. The van der Waals surface area contributed by atoms with Crippen LogP contribution in [-0.2, 0) is 78.4 Å². The number of alkyl halides is 3. The van der Waals surface area contributed by atoms with Gasteiger partial charge in [-0.05, 0) is 72.6 Å². The molecule has 510 valence electrons. The minimum absolute atomic E-state index is 0.0116. The van der Waals surface area contributed by atoms with E-state index in [0.29, 0.717) is 40.8 Å². The largest absolute Gasteiger partial charge is 0.508 e. The number of aromatic nitrogens is 3. The van der Waals surface area contributed by atoms with Crippen LogP contribution in [0.3, 0.4) is 0 Å². The van der Waals surface area contributed by atoms with Gasteiger partial charge in [-0.2, -0.15) is 13.2 Å². The van der Waals surface area contributed by atoms with Crippen molar-refractivity contribution >= 4 is 76.0 Å². The lowest BCUT2D eigenvalue weighted by Gasteiger charge is -2.28. The Bertz CT molecular complexity index is 3560. The topological polar surface area (TPSA) is 441 Å². The number of phenolic OH excluding ortho intramolecular Hbond substituents is 1. The number of amides is 9. The third-order valence-corrected chi connectivity index (χ3v) is 14.9. The van der Waals surface area contributed by atoms with Crippen molar-refractivity contribution in [1.82, 2.24) is 57.5 Å². The van der Waals surface area contributed by atoms with Gasteiger partial charge in [-0.15, -0.1) is 0 Å². The molecule has 95 heavy (non-hydrogen) atoms. The van der Waals surface area contributed by atoms with E-state index in [4.69, 9.17) is 21.4 Å². The number of nitrogens with two attached hydrogens (primary N) is 2. The number of para-hydroxylation sites is 1. The lowest BCUT2D eigenvalue weighted by molar-refractivity contribution is -0.192. The zero-order chi connectivity index (χ0) is 69.9. The van der Waals surface area contributed by atoms with E-state index in [0.717, 1.165) is 10.9 Å². The standard InChI is InChI=1S/C63H79N13O12.C2HF3O2/c1-5-6-20-48(63(87)88)72-60(84)50(29-38-15-9-7-10-16-38)74-61(85)52(31-42-34-66-35-68-42)70-54(79)32-49(40-17-11-8-12-18-40)73-62(86)55(36(2)3)76-56(80)37(4)69-59(83)51(30-41-33-67-46-21-14-13-19-44(41)46)75-58(82)47(26-27-53(65)78)71-57(81)45(64)28-39-22-24-43(77)25-23-39;3-2(4,5)1(6)7/h7-19,21-25,33-37,45,47-52,55,67,77H,5-6,20,26-32,64H2,1-4H3,(H2,65,78)(H,66,68)(H,69,83)(H,70,79)(H,71,81)(H,72,84)(H,73,86)(H,74,85)(H,75,82)(H,76,80)(H,87,88);(H,6,7)/t37-,45+,47-,48-,49+,50-,51-,52-,55-;/m0./s1. The zero-order valence-electron chi connectivity index (χ0n) is 52.5. The number of nitrogens with one attached hydrogen (secondary N) is 10. The summed E-state index contributed by atoms with van der Waals surface area (Å²) >= 11 is 0. The number of phenols is 1. The molecule has 0 radical (unpaired) electrons. The maximum atomic E-state index is 14.5. The van der Waals surface area contributed by atoms with E-state index >= 15 is 0 Å². The van der Waals surface area contributed by atoms with Crippen molar-refractivity contribution in [3.8, 4) is 5.75 Å². The molecule has 30 heteroatoms. The summed E-state index contributed by atoms with van der Waals surface area (Å²) in [5.41, 5.74) is 15.3. The second kappa shape index (κ2) is 36.6. The first-order valence-electron chi connectivity index (χ1n) is 30.4. The Hall–Kier alpha value is -10.7. The number of aliphatic carboxylic acids is 2. The molecular formula is C65H80F3N13O14. The number of imidazole rings is 1. The predicted molar refractivity (Wildman–Crippen MR) is 339 cm³/mol. The average molecular weight is 1320 g/mol.